The minimum absolute atomic E-state index is 0.00700. The molecule has 1 atom stereocenters. The summed E-state index contributed by atoms with van der Waals surface area (Å²) in [5.41, 5.74) is 3.08. The molecule has 1 saturated heterocycles. The fourth-order valence-corrected chi connectivity index (χ4v) is 2.83. The lowest BCUT2D eigenvalue weighted by molar-refractivity contribution is -0.0312. The standard InChI is InChI=1S/C11H17N3O3S/c12-13-11(16)10-8(1-4-18-10)5-14-2-3-17-7-9(14)6-15/h1,4,9,15H,2-3,5-7,12H2,(H,13,16). The molecule has 2 heterocycles. The Kier molecular flexibility index (Phi) is 4.67. The third kappa shape index (κ3) is 2.88. The minimum atomic E-state index is -0.270. The van der Waals surface area contributed by atoms with Crippen LogP contribution >= 0.6 is 11.3 Å². The van der Waals surface area contributed by atoms with E-state index in [9.17, 15) is 9.90 Å². The second-order valence-electron chi connectivity index (χ2n) is 4.13. The highest BCUT2D eigenvalue weighted by molar-refractivity contribution is 7.12. The fourth-order valence-electron chi connectivity index (χ4n) is 2.01. The van der Waals surface area contributed by atoms with Crippen molar-refractivity contribution in [2.24, 2.45) is 5.84 Å². The zero-order chi connectivity index (χ0) is 13.0. The van der Waals surface area contributed by atoms with Crippen molar-refractivity contribution < 1.29 is 14.6 Å². The lowest BCUT2D eigenvalue weighted by atomic mass is 10.1. The van der Waals surface area contributed by atoms with Gasteiger partial charge in [0.25, 0.3) is 5.91 Å². The molecule has 0 radical (unpaired) electrons. The number of hydrazine groups is 1. The Balaban J connectivity index is 2.08. The molecule has 1 unspecified atom stereocenters. The number of nitrogens with one attached hydrogen (secondary N) is 1. The quantitative estimate of drug-likeness (QED) is 0.392. The van der Waals surface area contributed by atoms with E-state index in [1.807, 2.05) is 11.4 Å². The van der Waals surface area contributed by atoms with E-state index < -0.39 is 0 Å². The van der Waals surface area contributed by atoms with Crippen LogP contribution in [-0.4, -0.2) is 48.3 Å². The average molecular weight is 271 g/mol. The van der Waals surface area contributed by atoms with E-state index in [2.05, 4.69) is 10.3 Å². The zero-order valence-corrected chi connectivity index (χ0v) is 10.8. The summed E-state index contributed by atoms with van der Waals surface area (Å²) < 4.78 is 5.32. The van der Waals surface area contributed by atoms with Crippen LogP contribution in [-0.2, 0) is 11.3 Å². The number of carbonyl (C=O) groups excluding carboxylic acids is 1. The maximum absolute atomic E-state index is 11.6. The monoisotopic (exact) mass is 271 g/mol. The van der Waals surface area contributed by atoms with Gasteiger partial charge < -0.3 is 9.84 Å². The number of morpholine rings is 1. The molecule has 1 aliphatic heterocycles. The van der Waals surface area contributed by atoms with E-state index in [0.717, 1.165) is 12.1 Å². The Bertz CT molecular complexity index is 410. The second-order valence-corrected chi connectivity index (χ2v) is 5.05. The van der Waals surface area contributed by atoms with Crippen LogP contribution in [0.15, 0.2) is 11.4 Å². The molecule has 1 aliphatic rings. The molecule has 0 aromatic carbocycles. The number of hydrogen-bond donors (Lipinski definition) is 3. The Morgan fingerprint density at radius 1 is 1.72 bits per heavy atom. The number of nitrogens with zero attached hydrogens (tertiary/aromatic N) is 1. The molecular formula is C11H17N3O3S. The van der Waals surface area contributed by atoms with E-state index in [1.165, 1.54) is 11.3 Å². The summed E-state index contributed by atoms with van der Waals surface area (Å²) in [5, 5.41) is 11.2. The predicted molar refractivity (Wildman–Crippen MR) is 68.1 cm³/mol. The van der Waals surface area contributed by atoms with E-state index >= 15 is 0 Å². The van der Waals surface area contributed by atoms with Crippen molar-refractivity contribution in [2.75, 3.05) is 26.4 Å². The van der Waals surface area contributed by atoms with Crippen LogP contribution in [0.25, 0.3) is 0 Å². The van der Waals surface area contributed by atoms with Crippen LogP contribution in [0.5, 0.6) is 0 Å². The van der Waals surface area contributed by atoms with Gasteiger partial charge in [0.2, 0.25) is 0 Å². The zero-order valence-electron chi connectivity index (χ0n) is 9.96. The van der Waals surface area contributed by atoms with Gasteiger partial charge in [0.05, 0.1) is 30.7 Å². The minimum Gasteiger partial charge on any atom is -0.395 e. The topological polar surface area (TPSA) is 87.8 Å². The first kappa shape index (κ1) is 13.4. The van der Waals surface area contributed by atoms with Crippen LogP contribution in [0, 0.1) is 0 Å². The summed E-state index contributed by atoms with van der Waals surface area (Å²) in [4.78, 5) is 14.3. The molecule has 1 fully saturated rings. The molecule has 100 valence electrons. The molecule has 6 nitrogen and oxygen atoms in total. The van der Waals surface area contributed by atoms with Crippen molar-refractivity contribution in [1.29, 1.82) is 0 Å². The van der Waals surface area contributed by atoms with Crippen LogP contribution in [0.3, 0.4) is 0 Å². The molecule has 0 saturated carbocycles. The van der Waals surface area contributed by atoms with E-state index in [4.69, 9.17) is 10.6 Å². The summed E-state index contributed by atoms with van der Waals surface area (Å²) >= 11 is 1.37. The van der Waals surface area contributed by atoms with Gasteiger partial charge in [-0.3, -0.25) is 15.1 Å². The Morgan fingerprint density at radius 2 is 2.56 bits per heavy atom. The van der Waals surface area contributed by atoms with Crippen LogP contribution < -0.4 is 11.3 Å². The lowest BCUT2D eigenvalue weighted by Crippen LogP contribution is -2.47. The number of rotatable bonds is 4. The van der Waals surface area contributed by atoms with Gasteiger partial charge in [-0.1, -0.05) is 0 Å². The van der Waals surface area contributed by atoms with Crippen molar-refractivity contribution in [3.8, 4) is 0 Å². The van der Waals surface area contributed by atoms with Crippen molar-refractivity contribution in [1.82, 2.24) is 10.3 Å². The van der Waals surface area contributed by atoms with Crippen molar-refractivity contribution >= 4 is 17.2 Å². The summed E-state index contributed by atoms with van der Waals surface area (Å²) in [5.74, 6) is 4.88. The normalized spacial score (nSPS) is 20.9. The number of nitrogens with two attached hydrogens (primary N) is 1. The van der Waals surface area contributed by atoms with Crippen LogP contribution in [0.1, 0.15) is 15.2 Å². The number of hydrogen-bond acceptors (Lipinski definition) is 6. The molecule has 18 heavy (non-hydrogen) atoms. The van der Waals surface area contributed by atoms with Gasteiger partial charge >= 0.3 is 0 Å². The van der Waals surface area contributed by atoms with Crippen LogP contribution in [0.2, 0.25) is 0 Å². The summed E-state index contributed by atoms with van der Waals surface area (Å²) in [6, 6.07) is 1.91. The molecule has 0 spiro atoms. The second kappa shape index (κ2) is 6.26. The van der Waals surface area contributed by atoms with Crippen molar-refractivity contribution in [3.63, 3.8) is 0 Å². The van der Waals surface area contributed by atoms with Crippen molar-refractivity contribution in [3.05, 3.63) is 21.9 Å². The molecule has 4 N–H and O–H groups in total. The maximum Gasteiger partial charge on any atom is 0.275 e. The number of aliphatic hydroxyl groups is 1. The number of thiophene rings is 1. The number of nitrogen functional groups attached to an aromatic ring is 1. The largest absolute Gasteiger partial charge is 0.395 e. The molecule has 1 aromatic heterocycles. The van der Waals surface area contributed by atoms with Gasteiger partial charge in [-0.25, -0.2) is 5.84 Å². The number of carbonyl (C=O) groups is 1. The van der Waals surface area contributed by atoms with Gasteiger partial charge in [0.15, 0.2) is 0 Å². The molecule has 7 heteroatoms. The summed E-state index contributed by atoms with van der Waals surface area (Å²) in [7, 11) is 0. The van der Waals surface area contributed by atoms with Gasteiger partial charge in [0, 0.05) is 13.1 Å². The van der Waals surface area contributed by atoms with Gasteiger partial charge in [-0.05, 0) is 17.0 Å². The lowest BCUT2D eigenvalue weighted by Gasteiger charge is -2.34. The first-order valence-corrected chi connectivity index (χ1v) is 6.64. The maximum atomic E-state index is 11.6. The average Bonchev–Trinajstić information content (AvgIpc) is 2.86. The third-order valence-corrected chi connectivity index (χ3v) is 3.97. The van der Waals surface area contributed by atoms with Gasteiger partial charge in [-0.2, -0.15) is 0 Å². The smallest absolute Gasteiger partial charge is 0.275 e. The Morgan fingerprint density at radius 3 is 3.28 bits per heavy atom. The van der Waals surface area contributed by atoms with E-state index in [1.54, 1.807) is 0 Å². The Hall–Kier alpha value is -0.990. The molecule has 1 aromatic rings. The number of aliphatic hydroxyl groups excluding tert-OH is 1. The molecule has 1 amide bonds. The molecule has 0 bridgehead atoms. The van der Waals surface area contributed by atoms with Gasteiger partial charge in [0.1, 0.15) is 0 Å². The summed E-state index contributed by atoms with van der Waals surface area (Å²) in [6.45, 7) is 2.62. The van der Waals surface area contributed by atoms with Crippen molar-refractivity contribution in [2.45, 2.75) is 12.6 Å². The van der Waals surface area contributed by atoms with Gasteiger partial charge in [-0.15, -0.1) is 11.3 Å². The van der Waals surface area contributed by atoms with Crippen LogP contribution in [0.4, 0.5) is 0 Å². The number of ether oxygens (including phenoxy) is 1. The highest BCUT2D eigenvalue weighted by Gasteiger charge is 2.24. The Labute approximate surface area is 109 Å². The predicted octanol–water partition coefficient (Wildman–Crippen LogP) is -0.455. The SMILES string of the molecule is NNC(=O)c1sccc1CN1CCOCC1CO. The summed E-state index contributed by atoms with van der Waals surface area (Å²) in [6.07, 6.45) is 0. The fraction of sp³-hybridized carbons (Fsp3) is 0.545. The number of amides is 1. The highest BCUT2D eigenvalue weighted by atomic mass is 32.1. The molecular weight excluding hydrogens is 254 g/mol. The first-order valence-electron chi connectivity index (χ1n) is 5.76. The van der Waals surface area contributed by atoms with E-state index in [-0.39, 0.29) is 18.6 Å². The highest BCUT2D eigenvalue weighted by Crippen LogP contribution is 2.20. The molecule has 0 aliphatic carbocycles. The van der Waals surface area contributed by atoms with E-state index in [0.29, 0.717) is 24.6 Å². The third-order valence-electron chi connectivity index (χ3n) is 3.02. The first-order chi connectivity index (χ1) is 8.76. The molecule has 2 rings (SSSR count).